The molecule has 0 saturated carbocycles. The zero-order valence-corrected chi connectivity index (χ0v) is 14.9. The number of carbonyl (C=O) groups excluding carboxylic acids is 1. The van der Waals surface area contributed by atoms with Crippen LogP contribution in [0.4, 0.5) is 4.39 Å². The molecule has 2 rings (SSSR count). The van der Waals surface area contributed by atoms with E-state index >= 15 is 0 Å². The highest BCUT2D eigenvalue weighted by atomic mass is 35.5. The van der Waals surface area contributed by atoms with Gasteiger partial charge in [0.2, 0.25) is 0 Å². The Morgan fingerprint density at radius 2 is 1.77 bits per heavy atom. The highest BCUT2D eigenvalue weighted by Crippen LogP contribution is 2.25. The van der Waals surface area contributed by atoms with Crippen LogP contribution in [-0.2, 0) is 9.59 Å². The summed E-state index contributed by atoms with van der Waals surface area (Å²) in [6.45, 7) is 3.26. The Morgan fingerprint density at radius 3 is 2.31 bits per heavy atom. The smallest absolute Gasteiger partial charge is 0.352 e. The number of benzene rings is 2. The fourth-order valence-corrected chi connectivity index (χ4v) is 2.31. The standard InChI is InChI=1S/C19H17ClFNO4/c1-11-7-15(8-12(2)18(11)20)26-10-17(23)22-16(19(24)25)9-13-3-5-14(21)6-4-13/h3-9H,10H2,1-2H3,(H,22,23)(H,24,25)/b16-9+. The fourth-order valence-electron chi connectivity index (χ4n) is 2.20. The number of rotatable bonds is 6. The van der Waals surface area contributed by atoms with Crippen molar-refractivity contribution in [2.45, 2.75) is 13.8 Å². The molecule has 0 aliphatic heterocycles. The number of aliphatic carboxylic acids is 1. The molecule has 5 nitrogen and oxygen atoms in total. The van der Waals surface area contributed by atoms with Crippen molar-refractivity contribution in [2.75, 3.05) is 6.61 Å². The van der Waals surface area contributed by atoms with E-state index < -0.39 is 17.7 Å². The van der Waals surface area contributed by atoms with Crippen molar-refractivity contribution < 1.29 is 23.8 Å². The van der Waals surface area contributed by atoms with Gasteiger partial charge in [-0.05, 0) is 60.9 Å². The molecule has 0 bridgehead atoms. The summed E-state index contributed by atoms with van der Waals surface area (Å²) in [5.74, 6) is -1.93. The highest BCUT2D eigenvalue weighted by Gasteiger charge is 2.13. The second-order valence-electron chi connectivity index (χ2n) is 5.62. The van der Waals surface area contributed by atoms with E-state index in [-0.39, 0.29) is 12.3 Å². The van der Waals surface area contributed by atoms with Gasteiger partial charge in [-0.25, -0.2) is 9.18 Å². The number of carboxylic acid groups (broad SMARTS) is 1. The Hall–Kier alpha value is -2.86. The molecule has 1 amide bonds. The van der Waals surface area contributed by atoms with Gasteiger partial charge in [0.15, 0.2) is 6.61 Å². The molecule has 0 aliphatic rings. The number of amides is 1. The minimum absolute atomic E-state index is 0.339. The minimum atomic E-state index is -1.32. The van der Waals surface area contributed by atoms with Gasteiger partial charge in [0.1, 0.15) is 17.3 Å². The highest BCUT2D eigenvalue weighted by molar-refractivity contribution is 6.32. The number of halogens is 2. The number of carbonyl (C=O) groups is 2. The first-order chi connectivity index (χ1) is 12.3. The first-order valence-electron chi connectivity index (χ1n) is 7.66. The lowest BCUT2D eigenvalue weighted by Crippen LogP contribution is -2.31. The van der Waals surface area contributed by atoms with Crippen molar-refractivity contribution in [3.8, 4) is 5.75 Å². The summed E-state index contributed by atoms with van der Waals surface area (Å²) in [7, 11) is 0. The Labute approximate surface area is 155 Å². The van der Waals surface area contributed by atoms with Crippen molar-refractivity contribution in [3.63, 3.8) is 0 Å². The van der Waals surface area contributed by atoms with Crippen molar-refractivity contribution in [2.24, 2.45) is 0 Å². The summed E-state index contributed by atoms with van der Waals surface area (Å²) in [5, 5.41) is 12.1. The lowest BCUT2D eigenvalue weighted by molar-refractivity contribution is -0.134. The van der Waals surface area contributed by atoms with Crippen molar-refractivity contribution in [1.82, 2.24) is 5.32 Å². The van der Waals surface area contributed by atoms with E-state index in [0.717, 1.165) is 11.1 Å². The normalized spacial score (nSPS) is 11.2. The number of hydrogen-bond acceptors (Lipinski definition) is 3. The molecule has 2 aromatic rings. The lowest BCUT2D eigenvalue weighted by Gasteiger charge is -2.10. The third-order valence-electron chi connectivity index (χ3n) is 3.47. The van der Waals surface area contributed by atoms with Crippen molar-refractivity contribution >= 4 is 29.6 Å². The van der Waals surface area contributed by atoms with Crippen LogP contribution in [0.1, 0.15) is 16.7 Å². The van der Waals surface area contributed by atoms with Gasteiger partial charge in [-0.3, -0.25) is 4.79 Å². The van der Waals surface area contributed by atoms with Gasteiger partial charge >= 0.3 is 5.97 Å². The average molecular weight is 378 g/mol. The van der Waals surface area contributed by atoms with E-state index in [1.54, 1.807) is 12.1 Å². The van der Waals surface area contributed by atoms with Crippen LogP contribution >= 0.6 is 11.6 Å². The summed E-state index contributed by atoms with van der Waals surface area (Å²) in [5.41, 5.74) is 1.72. The van der Waals surface area contributed by atoms with E-state index in [1.165, 1.54) is 30.3 Å². The van der Waals surface area contributed by atoms with Gasteiger partial charge in [0.05, 0.1) is 0 Å². The molecule has 7 heteroatoms. The number of aryl methyl sites for hydroxylation is 2. The van der Waals surface area contributed by atoms with Crippen LogP contribution in [0.3, 0.4) is 0 Å². The van der Waals surface area contributed by atoms with Gasteiger partial charge in [-0.15, -0.1) is 0 Å². The molecule has 0 atom stereocenters. The van der Waals surface area contributed by atoms with Crippen LogP contribution in [0.2, 0.25) is 5.02 Å². The molecule has 0 aliphatic carbocycles. The zero-order valence-electron chi connectivity index (χ0n) is 14.2. The molecule has 0 saturated heterocycles. The van der Waals surface area contributed by atoms with E-state index in [0.29, 0.717) is 16.3 Å². The maximum Gasteiger partial charge on any atom is 0.352 e. The van der Waals surface area contributed by atoms with Crippen molar-refractivity contribution in [1.29, 1.82) is 0 Å². The summed E-state index contributed by atoms with van der Waals surface area (Å²) in [6, 6.07) is 8.58. The monoisotopic (exact) mass is 377 g/mol. The average Bonchev–Trinajstić information content (AvgIpc) is 2.59. The van der Waals surface area contributed by atoms with Crippen LogP contribution in [0.5, 0.6) is 5.75 Å². The quantitative estimate of drug-likeness (QED) is 0.752. The Kier molecular flexibility index (Phi) is 6.36. The van der Waals surface area contributed by atoms with Crippen LogP contribution in [0, 0.1) is 19.7 Å². The van der Waals surface area contributed by atoms with E-state index in [4.69, 9.17) is 16.3 Å². The van der Waals surface area contributed by atoms with Crippen LogP contribution in [0.15, 0.2) is 42.1 Å². The molecule has 136 valence electrons. The molecule has 0 aromatic heterocycles. The van der Waals surface area contributed by atoms with E-state index in [2.05, 4.69) is 5.32 Å². The first-order valence-corrected chi connectivity index (χ1v) is 8.04. The van der Waals surface area contributed by atoms with Crippen molar-refractivity contribution in [3.05, 3.63) is 69.6 Å². The number of carboxylic acids is 1. The Balaban J connectivity index is 2.04. The summed E-state index contributed by atoms with van der Waals surface area (Å²) in [6.07, 6.45) is 1.23. The number of nitrogens with one attached hydrogen (secondary N) is 1. The molecule has 26 heavy (non-hydrogen) atoms. The fraction of sp³-hybridized carbons (Fsp3) is 0.158. The summed E-state index contributed by atoms with van der Waals surface area (Å²) >= 11 is 6.07. The third-order valence-corrected chi connectivity index (χ3v) is 4.06. The van der Waals surface area contributed by atoms with Gasteiger partial charge in [-0.1, -0.05) is 23.7 Å². The lowest BCUT2D eigenvalue weighted by atomic mass is 10.1. The molecule has 2 aromatic carbocycles. The molecule has 0 heterocycles. The molecule has 0 fully saturated rings. The molecular formula is C19H17ClFNO4. The SMILES string of the molecule is Cc1cc(OCC(=O)N/C(=C/c2ccc(F)cc2)C(=O)O)cc(C)c1Cl. The molecule has 2 N–H and O–H groups in total. The van der Waals surface area contributed by atoms with E-state index in [9.17, 15) is 19.1 Å². The van der Waals surface area contributed by atoms with Gasteiger partial charge < -0.3 is 15.2 Å². The third kappa shape index (κ3) is 5.32. The Bertz CT molecular complexity index is 839. The van der Waals surface area contributed by atoms with Crippen LogP contribution < -0.4 is 10.1 Å². The maximum absolute atomic E-state index is 12.9. The minimum Gasteiger partial charge on any atom is -0.484 e. The number of hydrogen-bond donors (Lipinski definition) is 2. The molecule has 0 unspecified atom stereocenters. The van der Waals surface area contributed by atoms with Gasteiger partial charge in [0, 0.05) is 5.02 Å². The molecule has 0 spiro atoms. The van der Waals surface area contributed by atoms with Gasteiger partial charge in [0.25, 0.3) is 5.91 Å². The topological polar surface area (TPSA) is 75.6 Å². The first kappa shape index (κ1) is 19.5. The maximum atomic E-state index is 12.9. The second-order valence-corrected chi connectivity index (χ2v) is 6.00. The number of ether oxygens (including phenoxy) is 1. The predicted octanol–water partition coefficient (Wildman–Crippen LogP) is 3.72. The van der Waals surface area contributed by atoms with Gasteiger partial charge in [-0.2, -0.15) is 0 Å². The molecular weight excluding hydrogens is 361 g/mol. The van der Waals surface area contributed by atoms with Crippen LogP contribution in [0.25, 0.3) is 6.08 Å². The Morgan fingerprint density at radius 1 is 1.19 bits per heavy atom. The predicted molar refractivity (Wildman–Crippen MR) is 96.6 cm³/mol. The zero-order chi connectivity index (χ0) is 19.3. The largest absolute Gasteiger partial charge is 0.484 e. The van der Waals surface area contributed by atoms with Crippen LogP contribution in [-0.4, -0.2) is 23.6 Å². The second kappa shape index (κ2) is 8.49. The molecule has 0 radical (unpaired) electrons. The van der Waals surface area contributed by atoms with E-state index in [1.807, 2.05) is 13.8 Å². The summed E-state index contributed by atoms with van der Waals surface area (Å²) < 4.78 is 18.3. The summed E-state index contributed by atoms with van der Waals surface area (Å²) in [4.78, 5) is 23.3.